The molecule has 0 aliphatic carbocycles. The minimum Gasteiger partial charge on any atom is -0.382 e. The monoisotopic (exact) mass is 236 g/mol. The van der Waals surface area contributed by atoms with Crippen LogP contribution >= 0.6 is 0 Å². The van der Waals surface area contributed by atoms with Crippen LogP contribution in [0.2, 0.25) is 0 Å². The number of nitrogens with zero attached hydrogens (tertiary/aromatic N) is 1. The van der Waals surface area contributed by atoms with Gasteiger partial charge in [-0.05, 0) is 17.7 Å². The number of carbonyl (C=O) groups excluding carboxylic acids is 1. The Morgan fingerprint density at radius 1 is 1.47 bits per heavy atom. The molecule has 6 heteroatoms. The molecular weight excluding hydrogens is 224 g/mol. The summed E-state index contributed by atoms with van der Waals surface area (Å²) in [5.74, 6) is -0.337. The largest absolute Gasteiger partial charge is 0.382 e. The van der Waals surface area contributed by atoms with E-state index in [4.69, 9.17) is 0 Å². The van der Waals surface area contributed by atoms with Crippen LogP contribution in [-0.4, -0.2) is 15.9 Å². The van der Waals surface area contributed by atoms with Crippen LogP contribution in [0, 0.1) is 10.1 Å². The van der Waals surface area contributed by atoms with E-state index >= 15 is 0 Å². The second kappa shape index (κ2) is 5.22. The van der Waals surface area contributed by atoms with Crippen LogP contribution < -0.4 is 5.32 Å². The molecule has 6 nitrogen and oxygen atoms in total. The van der Waals surface area contributed by atoms with Crippen LogP contribution in [0.4, 0.5) is 5.69 Å². The number of hydrogen-bond acceptors (Lipinski definition) is 4. The van der Waals surface area contributed by atoms with Crippen LogP contribution in [0.15, 0.2) is 36.5 Å². The highest BCUT2D eigenvalue weighted by Gasteiger charge is 2.14. The van der Waals surface area contributed by atoms with E-state index in [-0.39, 0.29) is 17.3 Å². The Bertz CT molecular complexity index is 453. The van der Waals surface area contributed by atoms with Crippen LogP contribution in [0.25, 0.3) is 0 Å². The maximum atomic E-state index is 10.8. The molecule has 17 heavy (non-hydrogen) atoms. The van der Waals surface area contributed by atoms with E-state index < -0.39 is 11.0 Å². The van der Waals surface area contributed by atoms with Gasteiger partial charge < -0.3 is 10.4 Å². The molecule has 0 aliphatic rings. The highest BCUT2D eigenvalue weighted by Crippen LogP contribution is 2.21. The van der Waals surface area contributed by atoms with Gasteiger partial charge in [-0.1, -0.05) is 6.58 Å². The van der Waals surface area contributed by atoms with Crippen molar-refractivity contribution in [1.82, 2.24) is 5.32 Å². The lowest BCUT2D eigenvalue weighted by Crippen LogP contribution is -2.22. The highest BCUT2D eigenvalue weighted by molar-refractivity contribution is 5.75. The molecule has 0 aromatic heterocycles. The number of nitro benzene ring substituents is 1. The number of nitrogens with one attached hydrogen (secondary N) is 1. The van der Waals surface area contributed by atoms with Crippen molar-refractivity contribution in [3.63, 3.8) is 0 Å². The fraction of sp³-hybridized carbons (Fsp3) is 0.182. The van der Waals surface area contributed by atoms with E-state index in [2.05, 4.69) is 11.9 Å². The van der Waals surface area contributed by atoms with Crippen molar-refractivity contribution in [2.45, 2.75) is 13.0 Å². The van der Waals surface area contributed by atoms with Crippen molar-refractivity contribution in [2.75, 3.05) is 0 Å². The highest BCUT2D eigenvalue weighted by atomic mass is 16.6. The average Bonchev–Trinajstić information content (AvgIpc) is 2.27. The van der Waals surface area contributed by atoms with Crippen molar-refractivity contribution >= 4 is 11.6 Å². The van der Waals surface area contributed by atoms with Gasteiger partial charge in [0.25, 0.3) is 5.69 Å². The van der Waals surface area contributed by atoms with Crippen molar-refractivity contribution in [2.24, 2.45) is 0 Å². The molecule has 1 amide bonds. The molecule has 0 saturated carbocycles. The van der Waals surface area contributed by atoms with Gasteiger partial charge in [-0.25, -0.2) is 0 Å². The SMILES string of the molecule is C=C(NC(C)=O)C(O)c1ccc([N+](=O)[O-])cc1. The van der Waals surface area contributed by atoms with Gasteiger partial charge in [-0.3, -0.25) is 14.9 Å². The molecule has 0 radical (unpaired) electrons. The number of nitro groups is 1. The second-order valence-electron chi connectivity index (χ2n) is 3.46. The zero-order valence-electron chi connectivity index (χ0n) is 9.21. The minimum atomic E-state index is -1.08. The molecule has 1 aromatic rings. The summed E-state index contributed by atoms with van der Waals surface area (Å²) in [6.07, 6.45) is -1.08. The average molecular weight is 236 g/mol. The molecule has 1 atom stereocenters. The molecule has 0 bridgehead atoms. The summed E-state index contributed by atoms with van der Waals surface area (Å²) in [7, 11) is 0. The fourth-order valence-electron chi connectivity index (χ4n) is 1.27. The number of carbonyl (C=O) groups is 1. The Morgan fingerprint density at radius 2 is 2.00 bits per heavy atom. The molecule has 1 rings (SSSR count). The third kappa shape index (κ3) is 3.39. The zero-order valence-corrected chi connectivity index (χ0v) is 9.21. The van der Waals surface area contributed by atoms with E-state index in [1.165, 1.54) is 31.2 Å². The molecule has 1 aromatic carbocycles. The van der Waals surface area contributed by atoms with Gasteiger partial charge in [0, 0.05) is 24.8 Å². The Kier molecular flexibility index (Phi) is 3.95. The Balaban J connectivity index is 2.82. The first kappa shape index (κ1) is 12.9. The number of benzene rings is 1. The van der Waals surface area contributed by atoms with Crippen molar-refractivity contribution in [3.05, 3.63) is 52.2 Å². The van der Waals surface area contributed by atoms with E-state index in [0.717, 1.165) is 0 Å². The summed E-state index contributed by atoms with van der Waals surface area (Å²) in [6.45, 7) is 4.81. The molecule has 0 aliphatic heterocycles. The molecule has 90 valence electrons. The quantitative estimate of drug-likeness (QED) is 0.608. The molecule has 2 N–H and O–H groups in total. The van der Waals surface area contributed by atoms with Crippen molar-refractivity contribution < 1.29 is 14.8 Å². The molecule has 0 spiro atoms. The van der Waals surface area contributed by atoms with Crippen LogP contribution in [-0.2, 0) is 4.79 Å². The maximum absolute atomic E-state index is 10.8. The maximum Gasteiger partial charge on any atom is 0.269 e. The lowest BCUT2D eigenvalue weighted by atomic mass is 10.1. The normalized spacial score (nSPS) is 11.6. The summed E-state index contributed by atoms with van der Waals surface area (Å²) in [5, 5.41) is 22.6. The lowest BCUT2D eigenvalue weighted by Gasteiger charge is -2.14. The van der Waals surface area contributed by atoms with Gasteiger partial charge >= 0.3 is 0 Å². The number of amides is 1. The number of non-ortho nitro benzene ring substituents is 1. The van der Waals surface area contributed by atoms with Gasteiger partial charge in [0.2, 0.25) is 5.91 Å². The summed E-state index contributed by atoms with van der Waals surface area (Å²) in [5.41, 5.74) is 0.492. The van der Waals surface area contributed by atoms with E-state index in [1.807, 2.05) is 0 Å². The number of aliphatic hydroxyl groups is 1. The van der Waals surface area contributed by atoms with E-state index in [1.54, 1.807) is 0 Å². The first-order valence-corrected chi connectivity index (χ1v) is 4.80. The molecule has 0 heterocycles. The molecular formula is C11H12N2O4. The van der Waals surface area contributed by atoms with Crippen LogP contribution in [0.1, 0.15) is 18.6 Å². The summed E-state index contributed by atoms with van der Waals surface area (Å²) in [6, 6.07) is 5.38. The smallest absolute Gasteiger partial charge is 0.269 e. The van der Waals surface area contributed by atoms with Gasteiger partial charge in [0.1, 0.15) is 6.10 Å². The van der Waals surface area contributed by atoms with Crippen LogP contribution in [0.3, 0.4) is 0 Å². The van der Waals surface area contributed by atoms with Gasteiger partial charge in [-0.15, -0.1) is 0 Å². The van der Waals surface area contributed by atoms with Gasteiger partial charge in [0.15, 0.2) is 0 Å². The second-order valence-corrected chi connectivity index (χ2v) is 3.46. The van der Waals surface area contributed by atoms with Gasteiger partial charge in [0.05, 0.1) is 4.92 Å². The zero-order chi connectivity index (χ0) is 13.0. The minimum absolute atomic E-state index is 0.0638. The third-order valence-corrected chi connectivity index (χ3v) is 2.09. The standard InChI is InChI=1S/C11H12N2O4/c1-7(12-8(2)14)11(15)9-3-5-10(6-4-9)13(16)17/h3-6,11,15H,1H2,2H3,(H,12,14). The van der Waals surface area contributed by atoms with Crippen molar-refractivity contribution in [1.29, 1.82) is 0 Å². The van der Waals surface area contributed by atoms with Crippen molar-refractivity contribution in [3.8, 4) is 0 Å². The lowest BCUT2D eigenvalue weighted by molar-refractivity contribution is -0.384. The Hall–Kier alpha value is -2.21. The Labute approximate surface area is 97.7 Å². The first-order chi connectivity index (χ1) is 7.91. The summed E-state index contributed by atoms with van der Waals surface area (Å²) >= 11 is 0. The Morgan fingerprint density at radius 3 is 2.41 bits per heavy atom. The van der Waals surface area contributed by atoms with Gasteiger partial charge in [-0.2, -0.15) is 0 Å². The number of rotatable bonds is 4. The summed E-state index contributed by atoms with van der Waals surface area (Å²) < 4.78 is 0. The molecule has 0 fully saturated rings. The predicted molar refractivity (Wildman–Crippen MR) is 61.0 cm³/mol. The predicted octanol–water partition coefficient (Wildman–Crippen LogP) is 1.28. The summed E-state index contributed by atoms with van der Waals surface area (Å²) in [4.78, 5) is 20.7. The fourth-order valence-corrected chi connectivity index (χ4v) is 1.27. The van der Waals surface area contributed by atoms with Crippen LogP contribution in [0.5, 0.6) is 0 Å². The number of hydrogen-bond donors (Lipinski definition) is 2. The first-order valence-electron chi connectivity index (χ1n) is 4.80. The molecule has 0 saturated heterocycles. The third-order valence-electron chi connectivity index (χ3n) is 2.09. The molecule has 1 unspecified atom stereocenters. The van der Waals surface area contributed by atoms with E-state index in [0.29, 0.717) is 5.56 Å². The number of aliphatic hydroxyl groups excluding tert-OH is 1. The van der Waals surface area contributed by atoms with E-state index in [9.17, 15) is 20.0 Å². The topological polar surface area (TPSA) is 92.5 Å².